The molecule has 0 spiro atoms. The normalized spacial score (nSPS) is 15.5. The number of benzene rings is 1. The van der Waals surface area contributed by atoms with Crippen LogP contribution in [0.2, 0.25) is 0 Å². The molecule has 1 saturated carbocycles. The van der Waals surface area contributed by atoms with Crippen molar-refractivity contribution < 1.29 is 4.79 Å². The monoisotopic (exact) mass is 300 g/mol. The highest BCUT2D eigenvalue weighted by Crippen LogP contribution is 2.30. The van der Waals surface area contributed by atoms with E-state index >= 15 is 0 Å². The lowest BCUT2D eigenvalue weighted by Gasteiger charge is -2.14. The average molecular weight is 300 g/mol. The first-order valence-electron chi connectivity index (χ1n) is 7.35. The molecule has 1 aliphatic carbocycles. The highest BCUT2D eigenvalue weighted by molar-refractivity contribution is 7.12. The predicted molar refractivity (Wildman–Crippen MR) is 88.9 cm³/mol. The number of aryl methyl sites for hydroxylation is 1. The molecule has 0 saturated heterocycles. The summed E-state index contributed by atoms with van der Waals surface area (Å²) in [5.41, 5.74) is 1.94. The van der Waals surface area contributed by atoms with Crippen LogP contribution in [0.3, 0.4) is 0 Å². The maximum absolute atomic E-state index is 11.7. The summed E-state index contributed by atoms with van der Waals surface area (Å²) in [6.45, 7) is 4.28. The van der Waals surface area contributed by atoms with Crippen LogP contribution < -0.4 is 10.6 Å². The zero-order valence-corrected chi connectivity index (χ0v) is 13.2. The van der Waals surface area contributed by atoms with Gasteiger partial charge in [0.2, 0.25) is 5.91 Å². The van der Waals surface area contributed by atoms with Gasteiger partial charge in [-0.15, -0.1) is 11.3 Å². The minimum Gasteiger partial charge on any atom is -0.378 e. The molecule has 0 aliphatic heterocycles. The zero-order valence-electron chi connectivity index (χ0n) is 12.3. The molecule has 1 atom stereocenters. The van der Waals surface area contributed by atoms with Gasteiger partial charge >= 0.3 is 0 Å². The molecule has 21 heavy (non-hydrogen) atoms. The second kappa shape index (κ2) is 5.90. The van der Waals surface area contributed by atoms with Gasteiger partial charge in [0.1, 0.15) is 0 Å². The van der Waals surface area contributed by atoms with Gasteiger partial charge in [-0.1, -0.05) is 0 Å². The fourth-order valence-corrected chi connectivity index (χ4v) is 3.13. The molecular weight excluding hydrogens is 280 g/mol. The Kier molecular flexibility index (Phi) is 3.97. The van der Waals surface area contributed by atoms with Crippen molar-refractivity contribution >= 4 is 28.6 Å². The molecule has 1 fully saturated rings. The Hall–Kier alpha value is -1.81. The first-order chi connectivity index (χ1) is 10.1. The summed E-state index contributed by atoms with van der Waals surface area (Å²) in [6.07, 6.45) is 2.06. The number of hydrogen-bond acceptors (Lipinski definition) is 3. The number of thiophene rings is 1. The van der Waals surface area contributed by atoms with E-state index in [4.69, 9.17) is 0 Å². The Morgan fingerprint density at radius 2 is 1.81 bits per heavy atom. The minimum atomic E-state index is 0.151. The molecular formula is C17H20N2OS. The SMILES string of the molecule is Cc1ccc(C(C)Nc2ccc(NC(=O)C3CC3)cc2)s1. The molecule has 2 N–H and O–H groups in total. The molecule has 0 radical (unpaired) electrons. The van der Waals surface area contributed by atoms with Gasteiger partial charge < -0.3 is 10.6 Å². The average Bonchev–Trinajstić information content (AvgIpc) is 3.23. The van der Waals surface area contributed by atoms with E-state index in [0.29, 0.717) is 0 Å². The lowest BCUT2D eigenvalue weighted by atomic mass is 10.2. The van der Waals surface area contributed by atoms with Gasteiger partial charge in [0.25, 0.3) is 0 Å². The van der Waals surface area contributed by atoms with Crippen molar-refractivity contribution in [3.63, 3.8) is 0 Å². The number of hydrogen-bond donors (Lipinski definition) is 2. The Balaban J connectivity index is 1.59. The van der Waals surface area contributed by atoms with Gasteiger partial charge in [0.15, 0.2) is 0 Å². The van der Waals surface area contributed by atoms with E-state index in [2.05, 4.69) is 36.6 Å². The van der Waals surface area contributed by atoms with Crippen LogP contribution in [0.4, 0.5) is 11.4 Å². The topological polar surface area (TPSA) is 41.1 Å². The van der Waals surface area contributed by atoms with Crippen LogP contribution in [-0.4, -0.2) is 5.91 Å². The Bertz CT molecular complexity index is 628. The van der Waals surface area contributed by atoms with Gasteiger partial charge in [0, 0.05) is 27.0 Å². The van der Waals surface area contributed by atoms with Gasteiger partial charge in [-0.3, -0.25) is 4.79 Å². The third-order valence-electron chi connectivity index (χ3n) is 3.67. The second-order valence-corrected chi connectivity index (χ2v) is 6.97. The lowest BCUT2D eigenvalue weighted by Crippen LogP contribution is -2.13. The van der Waals surface area contributed by atoms with Crippen LogP contribution in [0.5, 0.6) is 0 Å². The number of carbonyl (C=O) groups excluding carboxylic acids is 1. The van der Waals surface area contributed by atoms with Crippen molar-refractivity contribution in [1.29, 1.82) is 0 Å². The maximum atomic E-state index is 11.7. The van der Waals surface area contributed by atoms with Crippen LogP contribution in [0.1, 0.15) is 35.6 Å². The summed E-state index contributed by atoms with van der Waals surface area (Å²) in [4.78, 5) is 14.4. The van der Waals surface area contributed by atoms with Crippen LogP contribution in [0, 0.1) is 12.8 Å². The van der Waals surface area contributed by atoms with Gasteiger partial charge in [0.05, 0.1) is 6.04 Å². The Morgan fingerprint density at radius 3 is 2.38 bits per heavy atom. The molecule has 1 heterocycles. The quantitative estimate of drug-likeness (QED) is 0.848. The van der Waals surface area contributed by atoms with E-state index in [0.717, 1.165) is 24.2 Å². The fourth-order valence-electron chi connectivity index (χ4n) is 2.25. The van der Waals surface area contributed by atoms with Gasteiger partial charge in [-0.25, -0.2) is 0 Å². The van der Waals surface area contributed by atoms with Crippen molar-refractivity contribution in [2.45, 2.75) is 32.7 Å². The summed E-state index contributed by atoms with van der Waals surface area (Å²) < 4.78 is 0. The van der Waals surface area contributed by atoms with Gasteiger partial charge in [-0.05, 0) is 63.1 Å². The highest BCUT2D eigenvalue weighted by Gasteiger charge is 2.29. The zero-order chi connectivity index (χ0) is 14.8. The molecule has 3 rings (SSSR count). The lowest BCUT2D eigenvalue weighted by molar-refractivity contribution is -0.117. The fraction of sp³-hybridized carbons (Fsp3) is 0.353. The molecule has 1 aromatic heterocycles. The summed E-state index contributed by atoms with van der Waals surface area (Å²) in [5.74, 6) is 0.392. The molecule has 0 bridgehead atoms. The van der Waals surface area contributed by atoms with E-state index in [-0.39, 0.29) is 17.9 Å². The van der Waals surface area contributed by atoms with E-state index in [1.54, 1.807) is 0 Å². The molecule has 3 nitrogen and oxygen atoms in total. The third-order valence-corrected chi connectivity index (χ3v) is 4.86. The van der Waals surface area contributed by atoms with Crippen molar-refractivity contribution in [3.05, 3.63) is 46.2 Å². The first-order valence-corrected chi connectivity index (χ1v) is 8.17. The van der Waals surface area contributed by atoms with Crippen molar-refractivity contribution in [3.8, 4) is 0 Å². The third kappa shape index (κ3) is 3.64. The number of anilines is 2. The summed E-state index contributed by atoms with van der Waals surface area (Å²) in [6, 6.07) is 12.5. The molecule has 1 aromatic carbocycles. The minimum absolute atomic E-state index is 0.151. The Labute approximate surface area is 129 Å². The number of nitrogens with one attached hydrogen (secondary N) is 2. The number of rotatable bonds is 5. The molecule has 1 amide bonds. The first kappa shape index (κ1) is 14.1. The second-order valence-electron chi connectivity index (χ2n) is 5.66. The molecule has 4 heteroatoms. The summed E-state index contributed by atoms with van der Waals surface area (Å²) >= 11 is 1.82. The van der Waals surface area contributed by atoms with Gasteiger partial charge in [-0.2, -0.15) is 0 Å². The number of carbonyl (C=O) groups is 1. The number of amides is 1. The Morgan fingerprint density at radius 1 is 1.14 bits per heavy atom. The standard InChI is InChI=1S/C17H20N2OS/c1-11-3-10-16(21-11)12(2)18-14-6-8-15(9-7-14)19-17(20)13-4-5-13/h3,6-10,12-13,18H,4-5H2,1-2H3,(H,19,20). The van der Waals surface area contributed by atoms with Crippen molar-refractivity contribution in [2.75, 3.05) is 10.6 Å². The van der Waals surface area contributed by atoms with Crippen molar-refractivity contribution in [2.24, 2.45) is 5.92 Å². The maximum Gasteiger partial charge on any atom is 0.227 e. The van der Waals surface area contributed by atoms with Crippen molar-refractivity contribution in [1.82, 2.24) is 0 Å². The highest BCUT2D eigenvalue weighted by atomic mass is 32.1. The van der Waals surface area contributed by atoms with Crippen LogP contribution in [0.15, 0.2) is 36.4 Å². The largest absolute Gasteiger partial charge is 0.378 e. The van der Waals surface area contributed by atoms with Crippen LogP contribution in [-0.2, 0) is 4.79 Å². The van der Waals surface area contributed by atoms with E-state index in [1.807, 2.05) is 35.6 Å². The van der Waals surface area contributed by atoms with E-state index in [1.165, 1.54) is 9.75 Å². The van der Waals surface area contributed by atoms with E-state index in [9.17, 15) is 4.79 Å². The summed E-state index contributed by atoms with van der Waals surface area (Å²) in [5, 5.41) is 6.44. The van der Waals surface area contributed by atoms with Crippen LogP contribution >= 0.6 is 11.3 Å². The smallest absolute Gasteiger partial charge is 0.227 e. The predicted octanol–water partition coefficient (Wildman–Crippen LogP) is 4.58. The molecule has 110 valence electrons. The van der Waals surface area contributed by atoms with E-state index < -0.39 is 0 Å². The molecule has 2 aromatic rings. The molecule has 1 unspecified atom stereocenters. The summed E-state index contributed by atoms with van der Waals surface area (Å²) in [7, 11) is 0. The van der Waals surface area contributed by atoms with Crippen LogP contribution in [0.25, 0.3) is 0 Å². The molecule has 1 aliphatic rings.